The van der Waals surface area contributed by atoms with E-state index in [0.717, 1.165) is 5.56 Å². The molecular weight excluding hydrogens is 234 g/mol. The minimum Gasteiger partial charge on any atom is -0.290 e. The maximum absolute atomic E-state index is 12.0. The highest BCUT2D eigenvalue weighted by Gasteiger charge is 2.14. The molecule has 1 amide bonds. The fraction of sp³-hybridized carbons (Fsp3) is 0.250. The van der Waals surface area contributed by atoms with Crippen molar-refractivity contribution in [1.82, 2.24) is 9.36 Å². The molecular formula is C12H13N3OS. The van der Waals surface area contributed by atoms with Gasteiger partial charge in [0.2, 0.25) is 11.0 Å². The van der Waals surface area contributed by atoms with E-state index in [2.05, 4.69) is 9.36 Å². The third-order valence-electron chi connectivity index (χ3n) is 2.38. The van der Waals surface area contributed by atoms with Crippen molar-refractivity contribution in [1.29, 1.82) is 0 Å². The molecule has 2 aromatic rings. The molecule has 17 heavy (non-hydrogen) atoms. The quantitative estimate of drug-likeness (QED) is 0.834. The summed E-state index contributed by atoms with van der Waals surface area (Å²) in [6.45, 7) is 1.81. The van der Waals surface area contributed by atoms with Gasteiger partial charge in [0.25, 0.3) is 0 Å². The number of hydrogen-bond donors (Lipinski definition) is 0. The average Bonchev–Trinajstić information content (AvgIpc) is 2.76. The van der Waals surface area contributed by atoms with Gasteiger partial charge in [0.05, 0.1) is 6.42 Å². The number of aryl methyl sites for hydroxylation is 1. The fourth-order valence-corrected chi connectivity index (χ4v) is 2.07. The molecule has 0 radical (unpaired) electrons. The lowest BCUT2D eigenvalue weighted by molar-refractivity contribution is -0.117. The Labute approximate surface area is 104 Å². The van der Waals surface area contributed by atoms with Gasteiger partial charge in [0.1, 0.15) is 5.82 Å². The number of rotatable bonds is 3. The predicted octanol–water partition coefficient (Wildman–Crippen LogP) is 2.05. The first kappa shape index (κ1) is 11.7. The standard InChI is InChI=1S/C12H13N3OS/c1-9-13-12(17-14-9)15(2)11(16)8-10-6-4-3-5-7-10/h3-7H,8H2,1-2H3. The van der Waals surface area contributed by atoms with Crippen LogP contribution in [0.1, 0.15) is 11.4 Å². The number of nitrogens with zero attached hydrogens (tertiary/aromatic N) is 3. The Morgan fingerprint density at radius 3 is 2.65 bits per heavy atom. The Bertz CT molecular complexity index is 509. The van der Waals surface area contributed by atoms with Crippen LogP contribution in [0.5, 0.6) is 0 Å². The summed E-state index contributed by atoms with van der Waals surface area (Å²) in [6.07, 6.45) is 0.385. The summed E-state index contributed by atoms with van der Waals surface area (Å²) in [7, 11) is 1.73. The van der Waals surface area contributed by atoms with Gasteiger partial charge < -0.3 is 0 Å². The average molecular weight is 247 g/mol. The van der Waals surface area contributed by atoms with Gasteiger partial charge >= 0.3 is 0 Å². The second kappa shape index (κ2) is 5.05. The number of carbonyl (C=O) groups excluding carboxylic acids is 1. The van der Waals surface area contributed by atoms with E-state index in [-0.39, 0.29) is 5.91 Å². The molecule has 0 saturated carbocycles. The second-order valence-corrected chi connectivity index (χ2v) is 4.47. The van der Waals surface area contributed by atoms with Crippen molar-refractivity contribution in [2.75, 3.05) is 11.9 Å². The van der Waals surface area contributed by atoms with Crippen LogP contribution < -0.4 is 4.90 Å². The summed E-state index contributed by atoms with van der Waals surface area (Å²) < 4.78 is 4.06. The van der Waals surface area contributed by atoms with E-state index in [0.29, 0.717) is 17.4 Å². The van der Waals surface area contributed by atoms with Crippen molar-refractivity contribution in [3.63, 3.8) is 0 Å². The van der Waals surface area contributed by atoms with E-state index in [9.17, 15) is 4.79 Å². The van der Waals surface area contributed by atoms with Crippen molar-refractivity contribution in [3.05, 3.63) is 41.7 Å². The molecule has 0 saturated heterocycles. The minimum absolute atomic E-state index is 0.0207. The summed E-state index contributed by atoms with van der Waals surface area (Å²) in [5, 5.41) is 0.642. The maximum Gasteiger partial charge on any atom is 0.232 e. The topological polar surface area (TPSA) is 46.1 Å². The molecule has 0 bridgehead atoms. The van der Waals surface area contributed by atoms with E-state index in [4.69, 9.17) is 0 Å². The number of amides is 1. The van der Waals surface area contributed by atoms with E-state index >= 15 is 0 Å². The molecule has 4 nitrogen and oxygen atoms in total. The fourth-order valence-electron chi connectivity index (χ4n) is 1.42. The summed E-state index contributed by atoms with van der Waals surface area (Å²) >= 11 is 1.24. The zero-order valence-corrected chi connectivity index (χ0v) is 10.6. The Morgan fingerprint density at radius 1 is 1.35 bits per heavy atom. The van der Waals surface area contributed by atoms with Crippen LogP contribution in [0.3, 0.4) is 0 Å². The van der Waals surface area contributed by atoms with E-state index in [1.807, 2.05) is 37.3 Å². The van der Waals surface area contributed by atoms with E-state index in [1.54, 1.807) is 11.9 Å². The Morgan fingerprint density at radius 2 is 2.06 bits per heavy atom. The first-order valence-electron chi connectivity index (χ1n) is 5.27. The third-order valence-corrected chi connectivity index (χ3v) is 3.26. The van der Waals surface area contributed by atoms with Gasteiger partial charge in [0.15, 0.2) is 0 Å². The molecule has 0 aliphatic heterocycles. The largest absolute Gasteiger partial charge is 0.290 e. The summed E-state index contributed by atoms with van der Waals surface area (Å²) in [6, 6.07) is 9.68. The van der Waals surface area contributed by atoms with Crippen molar-refractivity contribution in [3.8, 4) is 0 Å². The van der Waals surface area contributed by atoms with Crippen molar-refractivity contribution >= 4 is 22.6 Å². The smallest absolute Gasteiger partial charge is 0.232 e. The summed E-state index contributed by atoms with van der Waals surface area (Å²) in [5.41, 5.74) is 1.01. The van der Waals surface area contributed by atoms with E-state index < -0.39 is 0 Å². The number of hydrogen-bond acceptors (Lipinski definition) is 4. The zero-order chi connectivity index (χ0) is 12.3. The second-order valence-electron chi connectivity index (χ2n) is 3.74. The normalized spacial score (nSPS) is 10.2. The molecule has 88 valence electrons. The highest BCUT2D eigenvalue weighted by atomic mass is 32.1. The first-order chi connectivity index (χ1) is 8.16. The highest BCUT2D eigenvalue weighted by Crippen LogP contribution is 2.16. The van der Waals surface area contributed by atoms with Crippen molar-refractivity contribution in [2.45, 2.75) is 13.3 Å². The van der Waals surface area contributed by atoms with Crippen LogP contribution in [0.2, 0.25) is 0 Å². The lowest BCUT2D eigenvalue weighted by Crippen LogP contribution is -2.27. The lowest BCUT2D eigenvalue weighted by Gasteiger charge is -2.12. The number of likely N-dealkylation sites (N-methyl/N-ethyl adjacent to an activating group) is 1. The third kappa shape index (κ3) is 2.88. The SMILES string of the molecule is Cc1nsc(N(C)C(=O)Cc2ccccc2)n1. The molecule has 0 aliphatic carbocycles. The van der Waals surface area contributed by atoms with Gasteiger partial charge in [-0.1, -0.05) is 30.3 Å². The molecule has 0 atom stereocenters. The van der Waals surface area contributed by atoms with Crippen LogP contribution in [0.15, 0.2) is 30.3 Å². The highest BCUT2D eigenvalue weighted by molar-refractivity contribution is 7.09. The van der Waals surface area contributed by atoms with Crippen LogP contribution in [0.25, 0.3) is 0 Å². The van der Waals surface area contributed by atoms with Crippen LogP contribution in [-0.2, 0) is 11.2 Å². The zero-order valence-electron chi connectivity index (χ0n) is 9.75. The van der Waals surface area contributed by atoms with Gasteiger partial charge in [-0.05, 0) is 12.5 Å². The van der Waals surface area contributed by atoms with Crippen LogP contribution >= 0.6 is 11.5 Å². The minimum atomic E-state index is 0.0207. The van der Waals surface area contributed by atoms with Gasteiger partial charge in [0, 0.05) is 18.6 Å². The molecule has 0 fully saturated rings. The molecule has 1 heterocycles. The molecule has 0 N–H and O–H groups in total. The molecule has 0 aliphatic rings. The van der Waals surface area contributed by atoms with Crippen LogP contribution in [-0.4, -0.2) is 22.3 Å². The van der Waals surface area contributed by atoms with Crippen LogP contribution in [0.4, 0.5) is 5.13 Å². The Hall–Kier alpha value is -1.75. The summed E-state index contributed by atoms with van der Waals surface area (Å²) in [4.78, 5) is 17.7. The lowest BCUT2D eigenvalue weighted by atomic mass is 10.1. The van der Waals surface area contributed by atoms with Crippen LogP contribution in [0, 0.1) is 6.92 Å². The van der Waals surface area contributed by atoms with Gasteiger partial charge in [-0.25, -0.2) is 4.98 Å². The summed E-state index contributed by atoms with van der Waals surface area (Å²) in [5.74, 6) is 0.719. The van der Waals surface area contributed by atoms with Gasteiger partial charge in [-0.3, -0.25) is 9.69 Å². The maximum atomic E-state index is 12.0. The molecule has 2 rings (SSSR count). The molecule has 1 aromatic heterocycles. The Balaban J connectivity index is 2.06. The van der Waals surface area contributed by atoms with Gasteiger partial charge in [-0.2, -0.15) is 4.37 Å². The Kier molecular flexibility index (Phi) is 3.49. The molecule has 1 aromatic carbocycles. The molecule has 5 heteroatoms. The van der Waals surface area contributed by atoms with Crippen molar-refractivity contribution in [2.24, 2.45) is 0 Å². The predicted molar refractivity (Wildman–Crippen MR) is 68.2 cm³/mol. The monoisotopic (exact) mass is 247 g/mol. The number of carbonyl (C=O) groups is 1. The molecule has 0 unspecified atom stereocenters. The number of benzene rings is 1. The van der Waals surface area contributed by atoms with Crippen molar-refractivity contribution < 1.29 is 4.79 Å². The molecule has 0 spiro atoms. The number of aromatic nitrogens is 2. The van der Waals surface area contributed by atoms with E-state index in [1.165, 1.54) is 11.5 Å². The first-order valence-corrected chi connectivity index (χ1v) is 6.05. The van der Waals surface area contributed by atoms with Gasteiger partial charge in [-0.15, -0.1) is 0 Å². The number of anilines is 1.